The van der Waals surface area contributed by atoms with Crippen LogP contribution in [0.25, 0.3) is 0 Å². The number of amides is 1. The highest BCUT2D eigenvalue weighted by molar-refractivity contribution is 9.10. The minimum atomic E-state index is -3.85. The fraction of sp³-hybridized carbons (Fsp3) is 0.462. The maximum absolute atomic E-state index is 12.5. The van der Waals surface area contributed by atoms with E-state index in [1.165, 1.54) is 6.07 Å². The molecule has 1 saturated carbocycles. The molecular weight excluding hydrogens is 344 g/mol. The largest absolute Gasteiger partial charge is 0.336 e. The van der Waals surface area contributed by atoms with E-state index >= 15 is 0 Å². The maximum Gasteiger partial charge on any atom is 0.254 e. The molecule has 1 aliphatic rings. The molecule has 0 radical (unpaired) electrons. The second-order valence-electron chi connectivity index (χ2n) is 4.95. The SMILES string of the molecule is CCN(C(=O)c1cc(Br)c(C)c(S(N)(=O)=O)c1)C1CC1. The predicted octanol–water partition coefficient (Wildman–Crippen LogP) is 2.03. The van der Waals surface area contributed by atoms with Crippen molar-refractivity contribution in [1.82, 2.24) is 4.90 Å². The summed E-state index contributed by atoms with van der Waals surface area (Å²) in [6, 6.07) is 3.30. The molecule has 1 amide bonds. The van der Waals surface area contributed by atoms with Crippen molar-refractivity contribution >= 4 is 31.9 Å². The van der Waals surface area contributed by atoms with E-state index in [1.54, 1.807) is 17.9 Å². The van der Waals surface area contributed by atoms with Gasteiger partial charge in [-0.2, -0.15) is 0 Å². The topological polar surface area (TPSA) is 80.5 Å². The lowest BCUT2D eigenvalue weighted by atomic mass is 10.1. The molecule has 2 rings (SSSR count). The van der Waals surface area contributed by atoms with Gasteiger partial charge in [-0.05, 0) is 44.4 Å². The van der Waals surface area contributed by atoms with Gasteiger partial charge < -0.3 is 4.90 Å². The van der Waals surface area contributed by atoms with Crippen LogP contribution >= 0.6 is 15.9 Å². The van der Waals surface area contributed by atoms with Crippen LogP contribution in [0.1, 0.15) is 35.7 Å². The Hall–Kier alpha value is -0.920. The van der Waals surface area contributed by atoms with E-state index in [4.69, 9.17) is 5.14 Å². The Labute approximate surface area is 127 Å². The molecule has 0 atom stereocenters. The minimum absolute atomic E-state index is 0.0120. The molecule has 0 aromatic heterocycles. The van der Waals surface area contributed by atoms with Crippen molar-refractivity contribution in [2.24, 2.45) is 5.14 Å². The average Bonchev–Trinajstić information content (AvgIpc) is 3.16. The Morgan fingerprint density at radius 1 is 1.45 bits per heavy atom. The van der Waals surface area contributed by atoms with Crippen LogP contribution in [0, 0.1) is 6.92 Å². The van der Waals surface area contributed by atoms with Crippen molar-refractivity contribution in [1.29, 1.82) is 0 Å². The molecule has 0 aliphatic heterocycles. The Morgan fingerprint density at radius 3 is 2.50 bits per heavy atom. The number of carbonyl (C=O) groups excluding carboxylic acids is 1. The van der Waals surface area contributed by atoms with Gasteiger partial charge in [0.25, 0.3) is 5.91 Å². The van der Waals surface area contributed by atoms with Crippen LogP contribution in [0.15, 0.2) is 21.5 Å². The third-order valence-electron chi connectivity index (χ3n) is 3.44. The fourth-order valence-electron chi connectivity index (χ4n) is 2.19. The lowest BCUT2D eigenvalue weighted by Crippen LogP contribution is -2.33. The summed E-state index contributed by atoms with van der Waals surface area (Å²) in [5, 5.41) is 5.20. The lowest BCUT2D eigenvalue weighted by Gasteiger charge is -2.21. The highest BCUT2D eigenvalue weighted by Crippen LogP contribution is 2.30. The van der Waals surface area contributed by atoms with Gasteiger partial charge in [0.05, 0.1) is 4.90 Å². The number of hydrogen-bond donors (Lipinski definition) is 1. The molecule has 110 valence electrons. The molecule has 5 nitrogen and oxygen atoms in total. The van der Waals surface area contributed by atoms with Gasteiger partial charge in [0.15, 0.2) is 0 Å². The second kappa shape index (κ2) is 5.46. The van der Waals surface area contributed by atoms with E-state index in [-0.39, 0.29) is 16.8 Å². The summed E-state index contributed by atoms with van der Waals surface area (Å²) in [7, 11) is -3.85. The summed E-state index contributed by atoms with van der Waals surface area (Å²) in [5.41, 5.74) is 0.860. The molecule has 1 aliphatic carbocycles. The van der Waals surface area contributed by atoms with Crippen LogP contribution in [-0.4, -0.2) is 31.8 Å². The zero-order valence-corrected chi connectivity index (χ0v) is 13.8. The first-order valence-electron chi connectivity index (χ1n) is 6.39. The summed E-state index contributed by atoms with van der Waals surface area (Å²) >= 11 is 3.29. The zero-order chi connectivity index (χ0) is 15.1. The van der Waals surface area contributed by atoms with Crippen molar-refractivity contribution in [2.45, 2.75) is 37.6 Å². The summed E-state index contributed by atoms with van der Waals surface area (Å²) in [6.45, 7) is 4.18. The highest BCUT2D eigenvalue weighted by Gasteiger charge is 2.32. The van der Waals surface area contributed by atoms with E-state index in [1.807, 2.05) is 6.92 Å². The molecule has 0 saturated heterocycles. The highest BCUT2D eigenvalue weighted by atomic mass is 79.9. The summed E-state index contributed by atoms with van der Waals surface area (Å²) < 4.78 is 23.8. The Balaban J connectivity index is 2.47. The fourth-order valence-corrected chi connectivity index (χ4v) is 3.61. The average molecular weight is 361 g/mol. The van der Waals surface area contributed by atoms with E-state index < -0.39 is 10.0 Å². The van der Waals surface area contributed by atoms with Crippen LogP contribution in [0.3, 0.4) is 0 Å². The molecule has 2 N–H and O–H groups in total. The van der Waals surface area contributed by atoms with E-state index in [0.29, 0.717) is 22.1 Å². The van der Waals surface area contributed by atoms with Crippen LogP contribution in [0.5, 0.6) is 0 Å². The first-order valence-corrected chi connectivity index (χ1v) is 8.73. The number of halogens is 1. The monoisotopic (exact) mass is 360 g/mol. The van der Waals surface area contributed by atoms with Gasteiger partial charge in [0.1, 0.15) is 0 Å². The van der Waals surface area contributed by atoms with Crippen LogP contribution in [-0.2, 0) is 10.0 Å². The van der Waals surface area contributed by atoms with Gasteiger partial charge in [-0.3, -0.25) is 4.79 Å². The first kappa shape index (κ1) is 15.5. The van der Waals surface area contributed by atoms with Gasteiger partial charge in [-0.25, -0.2) is 13.6 Å². The van der Waals surface area contributed by atoms with Gasteiger partial charge in [-0.1, -0.05) is 15.9 Å². The van der Waals surface area contributed by atoms with Crippen molar-refractivity contribution in [3.8, 4) is 0 Å². The molecule has 7 heteroatoms. The normalized spacial score (nSPS) is 15.2. The Kier molecular flexibility index (Phi) is 4.22. The molecule has 0 spiro atoms. The Bertz CT molecular complexity index is 654. The number of primary sulfonamides is 1. The molecule has 0 unspecified atom stereocenters. The molecule has 1 fully saturated rings. The van der Waals surface area contributed by atoms with Crippen LogP contribution < -0.4 is 5.14 Å². The number of hydrogen-bond acceptors (Lipinski definition) is 3. The summed E-state index contributed by atoms with van der Waals surface area (Å²) in [4.78, 5) is 14.2. The third kappa shape index (κ3) is 3.05. The molecule has 0 bridgehead atoms. The molecule has 1 aromatic carbocycles. The third-order valence-corrected chi connectivity index (χ3v) is 5.30. The first-order chi connectivity index (χ1) is 9.25. The maximum atomic E-state index is 12.5. The number of benzene rings is 1. The smallest absolute Gasteiger partial charge is 0.254 e. The van der Waals surface area contributed by atoms with Crippen molar-refractivity contribution in [3.05, 3.63) is 27.7 Å². The van der Waals surface area contributed by atoms with E-state index in [2.05, 4.69) is 15.9 Å². The number of sulfonamides is 1. The van der Waals surface area contributed by atoms with Gasteiger partial charge in [0.2, 0.25) is 10.0 Å². The minimum Gasteiger partial charge on any atom is -0.336 e. The van der Waals surface area contributed by atoms with Crippen molar-refractivity contribution in [2.75, 3.05) is 6.54 Å². The summed E-state index contributed by atoms with van der Waals surface area (Å²) in [6.07, 6.45) is 2.02. The number of nitrogens with two attached hydrogens (primary N) is 1. The van der Waals surface area contributed by atoms with Gasteiger partial charge in [0, 0.05) is 22.6 Å². The molecule has 20 heavy (non-hydrogen) atoms. The quantitative estimate of drug-likeness (QED) is 0.891. The molecule has 1 aromatic rings. The van der Waals surface area contributed by atoms with E-state index in [9.17, 15) is 13.2 Å². The molecule has 0 heterocycles. The van der Waals surface area contributed by atoms with Gasteiger partial charge in [-0.15, -0.1) is 0 Å². The number of nitrogens with zero attached hydrogens (tertiary/aromatic N) is 1. The standard InChI is InChI=1S/C13H17BrN2O3S/c1-3-16(10-4-5-10)13(17)9-6-11(14)8(2)12(7-9)20(15,18)19/h6-7,10H,3-5H2,1-2H3,(H2,15,18,19). The molecular formula is C13H17BrN2O3S. The zero-order valence-electron chi connectivity index (χ0n) is 11.4. The van der Waals surface area contributed by atoms with Crippen LogP contribution in [0.2, 0.25) is 0 Å². The number of rotatable bonds is 4. The predicted molar refractivity (Wildman–Crippen MR) is 80.0 cm³/mol. The Morgan fingerprint density at radius 2 is 2.05 bits per heavy atom. The van der Waals surface area contributed by atoms with Gasteiger partial charge >= 0.3 is 0 Å². The van der Waals surface area contributed by atoms with Crippen molar-refractivity contribution < 1.29 is 13.2 Å². The second-order valence-corrected chi connectivity index (χ2v) is 7.33. The number of carbonyl (C=O) groups is 1. The van der Waals surface area contributed by atoms with Crippen LogP contribution in [0.4, 0.5) is 0 Å². The van der Waals surface area contributed by atoms with E-state index in [0.717, 1.165) is 12.8 Å². The summed E-state index contributed by atoms with van der Waals surface area (Å²) in [5.74, 6) is -0.152. The van der Waals surface area contributed by atoms with Crippen molar-refractivity contribution in [3.63, 3.8) is 0 Å². The lowest BCUT2D eigenvalue weighted by molar-refractivity contribution is 0.0752.